The Labute approximate surface area is 104 Å². The van der Waals surface area contributed by atoms with E-state index in [-0.39, 0.29) is 6.04 Å². The van der Waals surface area contributed by atoms with Crippen molar-refractivity contribution in [3.05, 3.63) is 0 Å². The van der Waals surface area contributed by atoms with Gasteiger partial charge >= 0.3 is 0 Å². The third kappa shape index (κ3) is 5.89. The first-order valence-corrected chi connectivity index (χ1v) is 6.56. The van der Waals surface area contributed by atoms with Crippen molar-refractivity contribution in [1.29, 1.82) is 0 Å². The lowest BCUT2D eigenvalue weighted by Gasteiger charge is -2.18. The molecule has 4 N–H and O–H groups in total. The maximum Gasteiger partial charge on any atom is 0.206 e. The molecule has 0 aromatic rings. The molecule has 1 atom stereocenters. The number of nitrogens with zero attached hydrogens (tertiary/aromatic N) is 1. The fraction of sp³-hybridized carbons (Fsp3) is 0.917. The molecule has 1 unspecified atom stereocenters. The van der Waals surface area contributed by atoms with Crippen molar-refractivity contribution in [3.63, 3.8) is 0 Å². The van der Waals surface area contributed by atoms with Gasteiger partial charge in [-0.2, -0.15) is 0 Å². The zero-order valence-electron chi connectivity index (χ0n) is 11.0. The predicted molar refractivity (Wildman–Crippen MR) is 70.7 cm³/mol. The van der Waals surface area contributed by atoms with Crippen LogP contribution in [0.1, 0.15) is 45.4 Å². The van der Waals surface area contributed by atoms with E-state index in [2.05, 4.69) is 15.7 Å². The lowest BCUT2D eigenvalue weighted by Crippen LogP contribution is -2.47. The van der Waals surface area contributed by atoms with E-state index in [9.17, 15) is 0 Å². The van der Waals surface area contributed by atoms with Gasteiger partial charge in [-0.3, -0.25) is 5.43 Å². The van der Waals surface area contributed by atoms with Crippen LogP contribution >= 0.6 is 0 Å². The molecule has 1 fully saturated rings. The van der Waals surface area contributed by atoms with Gasteiger partial charge in [0.1, 0.15) is 0 Å². The average Bonchev–Trinajstić information content (AvgIpc) is 2.57. The van der Waals surface area contributed by atoms with Crippen LogP contribution in [-0.2, 0) is 4.74 Å². The second-order valence-corrected chi connectivity index (χ2v) is 4.77. The number of guanidine groups is 1. The molecule has 5 heteroatoms. The maximum atomic E-state index is 5.49. The first-order valence-electron chi connectivity index (χ1n) is 6.56. The topological polar surface area (TPSA) is 71.7 Å². The van der Waals surface area contributed by atoms with Crippen molar-refractivity contribution in [2.24, 2.45) is 10.8 Å². The normalized spacial score (nSPS) is 20.8. The van der Waals surface area contributed by atoms with Crippen LogP contribution in [0.3, 0.4) is 0 Å². The number of hydrazine groups is 1. The van der Waals surface area contributed by atoms with Crippen molar-refractivity contribution in [1.82, 2.24) is 10.7 Å². The molecule has 0 saturated heterocycles. The number of hydrogen-bond acceptors (Lipinski definition) is 3. The van der Waals surface area contributed by atoms with Crippen molar-refractivity contribution in [2.45, 2.75) is 57.5 Å². The monoisotopic (exact) mass is 242 g/mol. The summed E-state index contributed by atoms with van der Waals surface area (Å²) in [7, 11) is 1.69. The fourth-order valence-electron chi connectivity index (χ4n) is 2.21. The minimum absolute atomic E-state index is 0.209. The Morgan fingerprint density at radius 3 is 2.53 bits per heavy atom. The van der Waals surface area contributed by atoms with E-state index in [1.807, 2.05) is 6.92 Å². The molecule has 0 spiro atoms. The van der Waals surface area contributed by atoms with Gasteiger partial charge in [0.25, 0.3) is 0 Å². The van der Waals surface area contributed by atoms with Crippen LogP contribution in [0.15, 0.2) is 4.99 Å². The summed E-state index contributed by atoms with van der Waals surface area (Å²) in [6.07, 6.45) is 7.58. The van der Waals surface area contributed by atoms with Gasteiger partial charge in [0.2, 0.25) is 5.96 Å². The highest BCUT2D eigenvalue weighted by atomic mass is 16.5. The molecular formula is C12H26N4O. The molecule has 1 aliphatic carbocycles. The summed E-state index contributed by atoms with van der Waals surface area (Å²) in [5.41, 5.74) is 2.64. The second kappa shape index (κ2) is 8.31. The van der Waals surface area contributed by atoms with Crippen molar-refractivity contribution >= 4 is 5.96 Å². The van der Waals surface area contributed by atoms with E-state index in [1.165, 1.54) is 38.5 Å². The quantitative estimate of drug-likeness (QED) is 0.227. The van der Waals surface area contributed by atoms with Crippen LogP contribution in [0, 0.1) is 0 Å². The van der Waals surface area contributed by atoms with Gasteiger partial charge in [-0.1, -0.05) is 25.7 Å². The molecule has 0 amide bonds. The predicted octanol–water partition coefficient (Wildman–Crippen LogP) is 1.15. The molecule has 0 radical (unpaired) electrons. The summed E-state index contributed by atoms with van der Waals surface area (Å²) in [5, 5.41) is 3.22. The Kier molecular flexibility index (Phi) is 6.96. The Morgan fingerprint density at radius 2 is 2.00 bits per heavy atom. The number of ether oxygens (including phenoxy) is 1. The van der Waals surface area contributed by atoms with E-state index in [0.29, 0.717) is 18.6 Å². The van der Waals surface area contributed by atoms with Crippen molar-refractivity contribution in [3.8, 4) is 0 Å². The SMILES string of the molecule is COCC(C)NC(=NC1CCCCCC1)NN. The number of nitrogens with one attached hydrogen (secondary N) is 2. The van der Waals surface area contributed by atoms with E-state index in [0.717, 1.165) is 0 Å². The first kappa shape index (κ1) is 14.3. The van der Waals surface area contributed by atoms with E-state index in [4.69, 9.17) is 10.6 Å². The zero-order valence-corrected chi connectivity index (χ0v) is 11.0. The zero-order chi connectivity index (χ0) is 12.5. The van der Waals surface area contributed by atoms with Gasteiger partial charge in [-0.15, -0.1) is 0 Å². The van der Waals surface area contributed by atoms with Crippen molar-refractivity contribution < 1.29 is 4.74 Å². The van der Waals surface area contributed by atoms with Crippen LogP contribution in [0.25, 0.3) is 0 Å². The maximum absolute atomic E-state index is 5.49. The van der Waals surface area contributed by atoms with Gasteiger partial charge < -0.3 is 10.1 Å². The molecule has 5 nitrogen and oxygen atoms in total. The molecule has 1 saturated carbocycles. The summed E-state index contributed by atoms with van der Waals surface area (Å²) in [6.45, 7) is 2.69. The Hall–Kier alpha value is -0.810. The van der Waals surface area contributed by atoms with Crippen LogP contribution in [0.2, 0.25) is 0 Å². The largest absolute Gasteiger partial charge is 0.383 e. The average molecular weight is 242 g/mol. The number of rotatable bonds is 4. The smallest absolute Gasteiger partial charge is 0.206 e. The molecule has 0 aromatic carbocycles. The molecule has 1 aliphatic rings. The summed E-state index contributed by atoms with van der Waals surface area (Å²) in [5.74, 6) is 6.17. The Morgan fingerprint density at radius 1 is 1.35 bits per heavy atom. The van der Waals surface area contributed by atoms with Gasteiger partial charge in [0.15, 0.2) is 0 Å². The van der Waals surface area contributed by atoms with Gasteiger partial charge in [-0.25, -0.2) is 10.8 Å². The highest BCUT2D eigenvalue weighted by Crippen LogP contribution is 2.19. The lowest BCUT2D eigenvalue weighted by molar-refractivity contribution is 0.179. The molecule has 17 heavy (non-hydrogen) atoms. The molecule has 0 aromatic heterocycles. The first-order chi connectivity index (χ1) is 8.26. The minimum Gasteiger partial charge on any atom is -0.383 e. The van der Waals surface area contributed by atoms with E-state index in [1.54, 1.807) is 7.11 Å². The fourth-order valence-corrected chi connectivity index (χ4v) is 2.21. The van der Waals surface area contributed by atoms with Gasteiger partial charge in [0, 0.05) is 13.2 Å². The third-order valence-corrected chi connectivity index (χ3v) is 3.07. The van der Waals surface area contributed by atoms with Crippen LogP contribution in [-0.4, -0.2) is 31.8 Å². The highest BCUT2D eigenvalue weighted by molar-refractivity contribution is 5.79. The van der Waals surface area contributed by atoms with Crippen LogP contribution < -0.4 is 16.6 Å². The molecule has 0 aliphatic heterocycles. The summed E-state index contributed by atoms with van der Waals surface area (Å²) in [4.78, 5) is 4.65. The molecule has 0 bridgehead atoms. The van der Waals surface area contributed by atoms with Crippen LogP contribution in [0.4, 0.5) is 0 Å². The highest BCUT2D eigenvalue weighted by Gasteiger charge is 2.12. The van der Waals surface area contributed by atoms with Crippen LogP contribution in [0.5, 0.6) is 0 Å². The van der Waals surface area contributed by atoms with E-state index >= 15 is 0 Å². The molecular weight excluding hydrogens is 216 g/mol. The van der Waals surface area contributed by atoms with Gasteiger partial charge in [-0.05, 0) is 19.8 Å². The molecule has 1 rings (SSSR count). The second-order valence-electron chi connectivity index (χ2n) is 4.77. The standard InChI is InChI=1S/C12H26N4O/c1-10(9-17-2)14-12(16-13)15-11-7-5-3-4-6-8-11/h10-11H,3-9,13H2,1-2H3,(H2,14,15,16). The van der Waals surface area contributed by atoms with E-state index < -0.39 is 0 Å². The Balaban J connectivity index is 2.45. The lowest BCUT2D eigenvalue weighted by atomic mass is 10.1. The summed E-state index contributed by atoms with van der Waals surface area (Å²) >= 11 is 0. The molecule has 0 heterocycles. The summed E-state index contributed by atoms with van der Waals surface area (Å²) in [6, 6.07) is 0.617. The third-order valence-electron chi connectivity index (χ3n) is 3.07. The van der Waals surface area contributed by atoms with Gasteiger partial charge in [0.05, 0.1) is 12.6 Å². The minimum atomic E-state index is 0.209. The number of methoxy groups -OCH3 is 1. The summed E-state index contributed by atoms with van der Waals surface area (Å²) < 4.78 is 5.07. The Bertz CT molecular complexity index is 225. The van der Waals surface area contributed by atoms with Crippen molar-refractivity contribution in [2.75, 3.05) is 13.7 Å². The molecule has 100 valence electrons. The number of aliphatic imine (C=N–C) groups is 1. The number of hydrogen-bond donors (Lipinski definition) is 3. The number of nitrogens with two attached hydrogens (primary N) is 1.